The molecule has 0 aromatic carbocycles. The molecule has 0 spiro atoms. The molecule has 1 amide bonds. The Labute approximate surface area is 109 Å². The van der Waals surface area contributed by atoms with Gasteiger partial charge in [-0.25, -0.2) is 4.79 Å². The van der Waals surface area contributed by atoms with Crippen molar-refractivity contribution < 1.29 is 14.7 Å². The molecule has 1 heterocycles. The second-order valence-electron chi connectivity index (χ2n) is 5.95. The molecule has 4 heteroatoms. The van der Waals surface area contributed by atoms with Gasteiger partial charge in [0.2, 0.25) is 5.91 Å². The predicted octanol–water partition coefficient (Wildman–Crippen LogP) is 2.30. The van der Waals surface area contributed by atoms with Crippen LogP contribution in [0.4, 0.5) is 0 Å². The number of carbonyl (C=O) groups excluding carboxylic acids is 1. The van der Waals surface area contributed by atoms with Gasteiger partial charge in [-0.2, -0.15) is 0 Å². The van der Waals surface area contributed by atoms with Crippen LogP contribution >= 0.6 is 0 Å². The number of carboxylic acids is 1. The lowest BCUT2D eigenvalue weighted by Crippen LogP contribution is -2.28. The van der Waals surface area contributed by atoms with E-state index in [-0.39, 0.29) is 11.3 Å². The van der Waals surface area contributed by atoms with E-state index in [1.165, 1.54) is 0 Å². The minimum Gasteiger partial charge on any atom is -0.478 e. The van der Waals surface area contributed by atoms with Gasteiger partial charge in [0.05, 0.1) is 0 Å². The Morgan fingerprint density at radius 1 is 1.50 bits per heavy atom. The highest BCUT2D eigenvalue weighted by molar-refractivity contribution is 5.86. The van der Waals surface area contributed by atoms with Crippen LogP contribution in [0.25, 0.3) is 0 Å². The number of carboxylic acid groups (broad SMARTS) is 1. The molecule has 0 bridgehead atoms. The van der Waals surface area contributed by atoms with Crippen LogP contribution in [0.3, 0.4) is 0 Å². The van der Waals surface area contributed by atoms with Crippen LogP contribution in [0.2, 0.25) is 0 Å². The number of aliphatic carboxylic acids is 1. The summed E-state index contributed by atoms with van der Waals surface area (Å²) < 4.78 is 0. The molecule has 1 saturated heterocycles. The summed E-state index contributed by atoms with van der Waals surface area (Å²) in [5.41, 5.74) is 0.496. The Morgan fingerprint density at radius 2 is 2.11 bits per heavy atom. The van der Waals surface area contributed by atoms with Crippen molar-refractivity contribution in [2.24, 2.45) is 11.3 Å². The van der Waals surface area contributed by atoms with E-state index in [1.807, 2.05) is 6.92 Å². The Kier molecular flexibility index (Phi) is 4.54. The summed E-state index contributed by atoms with van der Waals surface area (Å²) in [6.07, 6.45) is 2.72. The smallest absolute Gasteiger partial charge is 0.331 e. The zero-order valence-electron chi connectivity index (χ0n) is 11.7. The Hall–Kier alpha value is -1.32. The van der Waals surface area contributed by atoms with Crippen LogP contribution < -0.4 is 0 Å². The van der Waals surface area contributed by atoms with Gasteiger partial charge in [-0.15, -0.1) is 0 Å². The van der Waals surface area contributed by atoms with Crippen LogP contribution in [0.1, 0.15) is 40.5 Å². The fourth-order valence-electron chi connectivity index (χ4n) is 2.13. The van der Waals surface area contributed by atoms with Gasteiger partial charge < -0.3 is 10.0 Å². The highest BCUT2D eigenvalue weighted by Gasteiger charge is 2.36. The van der Waals surface area contributed by atoms with Gasteiger partial charge >= 0.3 is 5.97 Å². The average Bonchev–Trinajstić information content (AvgIpc) is 2.60. The maximum atomic E-state index is 11.9. The molecule has 1 atom stereocenters. The number of hydrogen-bond acceptors (Lipinski definition) is 2. The third-order valence-corrected chi connectivity index (χ3v) is 3.65. The van der Waals surface area contributed by atoms with Gasteiger partial charge in [0.1, 0.15) is 0 Å². The Bertz CT molecular complexity index is 366. The van der Waals surface area contributed by atoms with Crippen molar-refractivity contribution in [1.82, 2.24) is 4.90 Å². The second-order valence-corrected chi connectivity index (χ2v) is 5.95. The second kappa shape index (κ2) is 5.55. The quantitative estimate of drug-likeness (QED) is 0.782. The van der Waals surface area contributed by atoms with E-state index in [9.17, 15) is 9.59 Å². The van der Waals surface area contributed by atoms with E-state index < -0.39 is 5.97 Å². The van der Waals surface area contributed by atoms with Gasteiger partial charge in [-0.05, 0) is 17.8 Å². The summed E-state index contributed by atoms with van der Waals surface area (Å²) in [5.74, 6) is -0.406. The molecule has 0 aromatic heterocycles. The summed E-state index contributed by atoms with van der Waals surface area (Å²) in [6, 6.07) is 0. The van der Waals surface area contributed by atoms with Crippen LogP contribution in [-0.4, -0.2) is 35.0 Å². The zero-order valence-corrected chi connectivity index (χ0v) is 11.7. The molecule has 0 aliphatic carbocycles. The van der Waals surface area contributed by atoms with Crippen LogP contribution in [-0.2, 0) is 9.59 Å². The van der Waals surface area contributed by atoms with Crippen molar-refractivity contribution in [3.8, 4) is 0 Å². The first kappa shape index (κ1) is 14.7. The van der Waals surface area contributed by atoms with E-state index in [0.29, 0.717) is 30.9 Å². The van der Waals surface area contributed by atoms with Gasteiger partial charge in [0.25, 0.3) is 0 Å². The molecule has 1 aliphatic rings. The van der Waals surface area contributed by atoms with Crippen LogP contribution in [0, 0.1) is 11.3 Å². The molecule has 0 radical (unpaired) electrons. The summed E-state index contributed by atoms with van der Waals surface area (Å²) in [5, 5.41) is 8.92. The number of nitrogens with zero attached hydrogens (tertiary/aromatic N) is 1. The molecule has 1 aliphatic heterocycles. The van der Waals surface area contributed by atoms with E-state index in [0.717, 1.165) is 6.54 Å². The summed E-state index contributed by atoms with van der Waals surface area (Å²) in [7, 11) is 0. The minimum atomic E-state index is -0.892. The van der Waals surface area contributed by atoms with E-state index in [4.69, 9.17) is 5.11 Å². The third-order valence-electron chi connectivity index (χ3n) is 3.65. The molecule has 1 rings (SSSR count). The number of amides is 1. The lowest BCUT2D eigenvalue weighted by atomic mass is 9.80. The Morgan fingerprint density at radius 3 is 2.50 bits per heavy atom. The molecule has 102 valence electrons. The first-order chi connectivity index (χ1) is 8.25. The van der Waals surface area contributed by atoms with Crippen molar-refractivity contribution in [2.75, 3.05) is 13.1 Å². The fourth-order valence-corrected chi connectivity index (χ4v) is 2.13. The molecule has 4 nitrogen and oxygen atoms in total. The summed E-state index contributed by atoms with van der Waals surface area (Å²) in [6.45, 7) is 9.37. The lowest BCUT2D eigenvalue weighted by molar-refractivity contribution is -0.133. The highest BCUT2D eigenvalue weighted by atomic mass is 16.4. The number of likely N-dealkylation sites (tertiary alicyclic amines) is 1. The number of rotatable bonds is 4. The lowest BCUT2D eigenvalue weighted by Gasteiger charge is -2.26. The SMILES string of the molecule is CCC(=CCN1CC(C(C)(C)C)CC1=O)C(=O)O. The normalized spacial score (nSPS) is 21.6. The number of carbonyl (C=O) groups is 2. The van der Waals surface area contributed by atoms with Crippen molar-refractivity contribution in [3.05, 3.63) is 11.6 Å². The minimum absolute atomic E-state index is 0.120. The van der Waals surface area contributed by atoms with E-state index in [2.05, 4.69) is 20.8 Å². The fraction of sp³-hybridized carbons (Fsp3) is 0.714. The van der Waals surface area contributed by atoms with Crippen molar-refractivity contribution in [2.45, 2.75) is 40.5 Å². The maximum Gasteiger partial charge on any atom is 0.331 e. The van der Waals surface area contributed by atoms with Gasteiger partial charge in [0.15, 0.2) is 0 Å². The van der Waals surface area contributed by atoms with Gasteiger partial charge in [-0.1, -0.05) is 33.8 Å². The van der Waals surface area contributed by atoms with Crippen LogP contribution in [0.5, 0.6) is 0 Å². The molecule has 1 N–H and O–H groups in total. The van der Waals surface area contributed by atoms with E-state index >= 15 is 0 Å². The highest BCUT2D eigenvalue weighted by Crippen LogP contribution is 2.34. The standard InChI is InChI=1S/C14H23NO3/c1-5-10(13(17)18)6-7-15-9-11(8-12(15)16)14(2,3)4/h6,11H,5,7-9H2,1-4H3,(H,17,18). The summed E-state index contributed by atoms with van der Waals surface area (Å²) in [4.78, 5) is 24.5. The van der Waals surface area contributed by atoms with E-state index in [1.54, 1.807) is 11.0 Å². The molecular weight excluding hydrogens is 230 g/mol. The van der Waals surface area contributed by atoms with Gasteiger partial charge in [0, 0.05) is 25.1 Å². The average molecular weight is 253 g/mol. The first-order valence-corrected chi connectivity index (χ1v) is 6.45. The third kappa shape index (κ3) is 3.59. The Balaban J connectivity index is 2.65. The van der Waals surface area contributed by atoms with Crippen molar-refractivity contribution in [3.63, 3.8) is 0 Å². The largest absolute Gasteiger partial charge is 0.478 e. The monoisotopic (exact) mass is 253 g/mol. The molecule has 1 fully saturated rings. The number of hydrogen-bond donors (Lipinski definition) is 1. The summed E-state index contributed by atoms with van der Waals surface area (Å²) >= 11 is 0. The van der Waals surface area contributed by atoms with Crippen molar-refractivity contribution in [1.29, 1.82) is 0 Å². The maximum absolute atomic E-state index is 11.9. The van der Waals surface area contributed by atoms with Crippen LogP contribution in [0.15, 0.2) is 11.6 Å². The molecule has 0 saturated carbocycles. The first-order valence-electron chi connectivity index (χ1n) is 6.45. The molecular formula is C14H23NO3. The zero-order chi connectivity index (χ0) is 13.9. The topological polar surface area (TPSA) is 57.6 Å². The molecule has 18 heavy (non-hydrogen) atoms. The molecule has 1 unspecified atom stereocenters. The van der Waals surface area contributed by atoms with Crippen molar-refractivity contribution >= 4 is 11.9 Å². The predicted molar refractivity (Wildman–Crippen MR) is 70.2 cm³/mol. The van der Waals surface area contributed by atoms with Gasteiger partial charge in [-0.3, -0.25) is 4.79 Å². The molecule has 0 aromatic rings.